The Morgan fingerprint density at radius 2 is 1.48 bits per heavy atom. The summed E-state index contributed by atoms with van der Waals surface area (Å²) in [6.45, 7) is 5.41. The Hall–Kier alpha value is -3.44. The van der Waals surface area contributed by atoms with Gasteiger partial charge in [-0.3, -0.25) is 14.5 Å². The Balaban J connectivity index is 1.66. The lowest BCUT2D eigenvalue weighted by Gasteiger charge is -2.26. The number of rotatable bonds is 7. The summed E-state index contributed by atoms with van der Waals surface area (Å²) >= 11 is 0. The van der Waals surface area contributed by atoms with E-state index in [1.165, 1.54) is 49.0 Å². The molecule has 33 heavy (non-hydrogen) atoms. The molecule has 0 aliphatic carbocycles. The van der Waals surface area contributed by atoms with Crippen molar-refractivity contribution in [2.75, 3.05) is 13.1 Å². The van der Waals surface area contributed by atoms with Crippen molar-refractivity contribution in [3.8, 4) is 11.1 Å². The normalized spacial score (nSPS) is 14.2. The summed E-state index contributed by atoms with van der Waals surface area (Å²) < 4.78 is 0. The number of nitrogens with two attached hydrogens (primary N) is 2. The van der Waals surface area contributed by atoms with Crippen LogP contribution in [0.25, 0.3) is 11.1 Å². The van der Waals surface area contributed by atoms with Gasteiger partial charge < -0.3 is 11.5 Å². The van der Waals surface area contributed by atoms with Crippen molar-refractivity contribution in [1.82, 2.24) is 4.90 Å². The third kappa shape index (κ3) is 5.32. The molecular weight excluding hydrogens is 410 g/mol. The molecule has 2 amide bonds. The van der Waals surface area contributed by atoms with E-state index in [0.717, 1.165) is 17.7 Å². The maximum absolute atomic E-state index is 12.0. The van der Waals surface area contributed by atoms with Crippen LogP contribution in [0.4, 0.5) is 0 Å². The van der Waals surface area contributed by atoms with Crippen molar-refractivity contribution in [2.24, 2.45) is 11.5 Å². The molecule has 3 aromatic carbocycles. The average Bonchev–Trinajstić information content (AvgIpc) is 2.81. The Kier molecular flexibility index (Phi) is 6.90. The topological polar surface area (TPSA) is 89.4 Å². The monoisotopic (exact) mass is 441 g/mol. The Morgan fingerprint density at radius 3 is 2.15 bits per heavy atom. The van der Waals surface area contributed by atoms with Gasteiger partial charge in [-0.1, -0.05) is 48.9 Å². The highest BCUT2D eigenvalue weighted by molar-refractivity contribution is 6.01. The zero-order valence-corrected chi connectivity index (χ0v) is 19.1. The van der Waals surface area contributed by atoms with Gasteiger partial charge in [0.15, 0.2) is 0 Å². The van der Waals surface area contributed by atoms with E-state index >= 15 is 0 Å². The number of carbonyl (C=O) groups excluding carboxylic acids is 2. The van der Waals surface area contributed by atoms with E-state index in [-0.39, 0.29) is 0 Å². The smallest absolute Gasteiger partial charge is 0.249 e. The summed E-state index contributed by atoms with van der Waals surface area (Å²) in [7, 11) is 0. The quantitative estimate of drug-likeness (QED) is 0.568. The number of primary amides is 2. The summed E-state index contributed by atoms with van der Waals surface area (Å²) in [5, 5.41) is 0. The number of hydrogen-bond donors (Lipinski definition) is 2. The predicted molar refractivity (Wildman–Crippen MR) is 132 cm³/mol. The lowest BCUT2D eigenvalue weighted by molar-refractivity contribution is 0.0999. The molecule has 0 aromatic heterocycles. The molecule has 1 heterocycles. The first kappa shape index (κ1) is 22.7. The average molecular weight is 442 g/mol. The van der Waals surface area contributed by atoms with Gasteiger partial charge in [0.05, 0.1) is 0 Å². The predicted octanol–water partition coefficient (Wildman–Crippen LogP) is 4.44. The molecule has 1 fully saturated rings. The maximum atomic E-state index is 12.0. The molecule has 1 aliphatic rings. The lowest BCUT2D eigenvalue weighted by atomic mass is 9.91. The van der Waals surface area contributed by atoms with Gasteiger partial charge in [0, 0.05) is 17.7 Å². The van der Waals surface area contributed by atoms with E-state index in [0.29, 0.717) is 23.1 Å². The molecule has 1 aliphatic heterocycles. The SMILES string of the molecule is Cc1ccc(Cc2c(C(N)=O)cccc2C(N)=O)cc1-c1cccc(CN2CCCCC2)c1. The van der Waals surface area contributed by atoms with Gasteiger partial charge in [0.2, 0.25) is 11.8 Å². The first-order valence-corrected chi connectivity index (χ1v) is 11.5. The highest BCUT2D eigenvalue weighted by atomic mass is 16.1. The molecule has 0 spiro atoms. The molecule has 0 atom stereocenters. The van der Waals surface area contributed by atoms with Crippen LogP contribution in [0.15, 0.2) is 60.7 Å². The molecule has 4 rings (SSSR count). The van der Waals surface area contributed by atoms with E-state index < -0.39 is 11.8 Å². The molecule has 170 valence electrons. The molecular formula is C28H31N3O2. The number of aryl methyl sites for hydroxylation is 1. The van der Waals surface area contributed by atoms with Crippen LogP contribution in [-0.2, 0) is 13.0 Å². The van der Waals surface area contributed by atoms with Crippen molar-refractivity contribution < 1.29 is 9.59 Å². The number of benzene rings is 3. The fourth-order valence-electron chi connectivity index (χ4n) is 4.75. The molecule has 1 saturated heterocycles. The zero-order valence-electron chi connectivity index (χ0n) is 19.1. The molecule has 3 aromatic rings. The van der Waals surface area contributed by atoms with Crippen LogP contribution in [0.1, 0.15) is 62.2 Å². The lowest BCUT2D eigenvalue weighted by Crippen LogP contribution is -2.29. The molecule has 0 saturated carbocycles. The van der Waals surface area contributed by atoms with Crippen molar-refractivity contribution in [1.29, 1.82) is 0 Å². The molecule has 0 unspecified atom stereocenters. The van der Waals surface area contributed by atoms with Crippen LogP contribution in [0.5, 0.6) is 0 Å². The van der Waals surface area contributed by atoms with E-state index in [4.69, 9.17) is 11.5 Å². The number of hydrogen-bond acceptors (Lipinski definition) is 3. The van der Waals surface area contributed by atoms with Gasteiger partial charge in [-0.25, -0.2) is 0 Å². The van der Waals surface area contributed by atoms with Crippen LogP contribution < -0.4 is 11.5 Å². The van der Waals surface area contributed by atoms with E-state index in [2.05, 4.69) is 48.2 Å². The molecule has 5 nitrogen and oxygen atoms in total. The van der Waals surface area contributed by atoms with Crippen LogP contribution in [0.3, 0.4) is 0 Å². The standard InChI is InChI=1S/C28H31N3O2/c1-19-11-12-20(17-26-23(27(29)32)9-6-10-24(26)28(30)33)16-25(19)22-8-5-7-21(15-22)18-31-13-3-2-4-14-31/h5-12,15-16H,2-4,13-14,17-18H2,1H3,(H2,29,32)(H2,30,33). The van der Waals surface area contributed by atoms with Crippen molar-refractivity contribution in [3.63, 3.8) is 0 Å². The Labute approximate surface area is 195 Å². The van der Waals surface area contributed by atoms with Gasteiger partial charge in [-0.15, -0.1) is 0 Å². The summed E-state index contributed by atoms with van der Waals surface area (Å²) in [6.07, 6.45) is 4.29. The summed E-state index contributed by atoms with van der Waals surface area (Å²) in [4.78, 5) is 26.5. The number of piperidine rings is 1. The minimum absolute atomic E-state index is 0.331. The van der Waals surface area contributed by atoms with Crippen LogP contribution >= 0.6 is 0 Å². The minimum Gasteiger partial charge on any atom is -0.366 e. The highest BCUT2D eigenvalue weighted by Gasteiger charge is 2.17. The van der Waals surface area contributed by atoms with Gasteiger partial charge >= 0.3 is 0 Å². The maximum Gasteiger partial charge on any atom is 0.249 e. The van der Waals surface area contributed by atoms with Crippen LogP contribution in [0, 0.1) is 6.92 Å². The first-order valence-electron chi connectivity index (χ1n) is 11.5. The van der Waals surface area contributed by atoms with Gasteiger partial charge in [0.1, 0.15) is 0 Å². The Bertz CT molecular complexity index is 1150. The highest BCUT2D eigenvalue weighted by Crippen LogP contribution is 2.28. The van der Waals surface area contributed by atoms with Crippen LogP contribution in [-0.4, -0.2) is 29.8 Å². The van der Waals surface area contributed by atoms with Crippen molar-refractivity contribution in [2.45, 2.75) is 39.2 Å². The number of carbonyl (C=O) groups is 2. The summed E-state index contributed by atoms with van der Waals surface area (Å²) in [6, 6.07) is 19.9. The minimum atomic E-state index is -0.564. The molecule has 5 heteroatoms. The fraction of sp³-hybridized carbons (Fsp3) is 0.286. The third-order valence-electron chi connectivity index (χ3n) is 6.48. The largest absolute Gasteiger partial charge is 0.366 e. The van der Waals surface area contributed by atoms with Gasteiger partial charge in [0.25, 0.3) is 0 Å². The van der Waals surface area contributed by atoms with Crippen LogP contribution in [0.2, 0.25) is 0 Å². The van der Waals surface area contributed by atoms with E-state index in [1.807, 2.05) is 6.07 Å². The summed E-state index contributed by atoms with van der Waals surface area (Å²) in [5.74, 6) is -1.13. The second-order valence-electron chi connectivity index (χ2n) is 8.92. The third-order valence-corrected chi connectivity index (χ3v) is 6.48. The second-order valence-corrected chi connectivity index (χ2v) is 8.92. The van der Waals surface area contributed by atoms with E-state index in [1.54, 1.807) is 18.2 Å². The second kappa shape index (κ2) is 10.0. The number of nitrogens with zero attached hydrogens (tertiary/aromatic N) is 1. The molecule has 0 radical (unpaired) electrons. The Morgan fingerprint density at radius 1 is 0.818 bits per heavy atom. The number of likely N-dealkylation sites (tertiary alicyclic amines) is 1. The molecule has 4 N–H and O–H groups in total. The zero-order chi connectivity index (χ0) is 23.4. The van der Waals surface area contributed by atoms with Crippen molar-refractivity contribution in [3.05, 3.63) is 94.0 Å². The van der Waals surface area contributed by atoms with E-state index in [9.17, 15) is 9.59 Å². The molecule has 0 bridgehead atoms. The summed E-state index contributed by atoms with van der Waals surface area (Å²) in [5.41, 5.74) is 18.2. The van der Waals surface area contributed by atoms with Gasteiger partial charge in [-0.2, -0.15) is 0 Å². The van der Waals surface area contributed by atoms with Crippen molar-refractivity contribution >= 4 is 11.8 Å². The fourth-order valence-corrected chi connectivity index (χ4v) is 4.75. The van der Waals surface area contributed by atoms with Gasteiger partial charge in [-0.05, 0) is 90.9 Å². The number of amides is 2. The first-order chi connectivity index (χ1) is 15.9.